The summed E-state index contributed by atoms with van der Waals surface area (Å²) in [6.45, 7) is 0.401. The Morgan fingerprint density at radius 3 is 2.72 bits per heavy atom. The molecule has 11 nitrogen and oxygen atoms in total. The lowest BCUT2D eigenvalue weighted by molar-refractivity contribution is 0.0726. The lowest BCUT2D eigenvalue weighted by Gasteiger charge is -2.47. The topological polar surface area (TPSA) is 135 Å². The van der Waals surface area contributed by atoms with Gasteiger partial charge in [0.25, 0.3) is 0 Å². The van der Waals surface area contributed by atoms with E-state index in [-0.39, 0.29) is 19.5 Å². The Bertz CT molecular complexity index is 1790. The molecule has 1 saturated heterocycles. The van der Waals surface area contributed by atoms with Gasteiger partial charge < -0.3 is 4.57 Å². The van der Waals surface area contributed by atoms with Gasteiger partial charge in [-0.25, -0.2) is 23.4 Å². The SMILES string of the molecule is Cn1cnc2cc(-c3cc4ncccc4c(-c4ccn(C5(CC#N)CN(S(C)(=O)=O)C5)n4)n3)cnc21. The maximum absolute atomic E-state index is 12.0. The molecule has 36 heavy (non-hydrogen) atoms. The van der Waals surface area contributed by atoms with E-state index in [1.54, 1.807) is 29.6 Å². The molecule has 0 saturated carbocycles. The molecule has 0 aliphatic carbocycles. The normalized spacial score (nSPS) is 15.7. The second kappa shape index (κ2) is 7.91. The van der Waals surface area contributed by atoms with Crippen LogP contribution >= 0.6 is 0 Å². The molecule has 1 aliphatic heterocycles. The van der Waals surface area contributed by atoms with E-state index < -0.39 is 15.6 Å². The van der Waals surface area contributed by atoms with Crippen LogP contribution in [-0.2, 0) is 22.6 Å². The van der Waals surface area contributed by atoms with Crippen LogP contribution in [0.15, 0.2) is 55.2 Å². The smallest absolute Gasteiger partial charge is 0.211 e. The number of hydrogen-bond acceptors (Lipinski definition) is 8. The summed E-state index contributed by atoms with van der Waals surface area (Å²) in [7, 11) is -1.44. The molecule has 0 atom stereocenters. The van der Waals surface area contributed by atoms with Gasteiger partial charge in [0.1, 0.15) is 22.4 Å². The number of hydrogen-bond donors (Lipinski definition) is 0. The number of nitrogens with zero attached hydrogens (tertiary/aromatic N) is 9. The lowest BCUT2D eigenvalue weighted by Crippen LogP contribution is -2.63. The average molecular weight is 500 g/mol. The highest BCUT2D eigenvalue weighted by molar-refractivity contribution is 7.88. The van der Waals surface area contributed by atoms with Crippen LogP contribution in [0.3, 0.4) is 0 Å². The molecular weight excluding hydrogens is 478 g/mol. The van der Waals surface area contributed by atoms with Crippen LogP contribution in [0, 0.1) is 11.3 Å². The first-order valence-electron chi connectivity index (χ1n) is 11.2. The number of nitriles is 1. The Morgan fingerprint density at radius 2 is 1.94 bits per heavy atom. The van der Waals surface area contributed by atoms with Crippen LogP contribution in [0.4, 0.5) is 0 Å². The number of sulfonamides is 1. The Hall–Kier alpha value is -4.21. The van der Waals surface area contributed by atoms with E-state index in [1.807, 2.05) is 41.9 Å². The van der Waals surface area contributed by atoms with Crippen molar-refractivity contribution in [2.75, 3.05) is 19.3 Å². The summed E-state index contributed by atoms with van der Waals surface area (Å²) in [6, 6.07) is 11.7. The summed E-state index contributed by atoms with van der Waals surface area (Å²) in [5.41, 5.74) is 4.33. The fourth-order valence-corrected chi connectivity index (χ4v) is 5.57. The molecule has 0 radical (unpaired) electrons. The van der Waals surface area contributed by atoms with Gasteiger partial charge in [0.15, 0.2) is 5.65 Å². The van der Waals surface area contributed by atoms with Crippen LogP contribution < -0.4 is 0 Å². The molecule has 0 unspecified atom stereocenters. The molecule has 0 bridgehead atoms. The number of pyridine rings is 3. The minimum Gasteiger partial charge on any atom is -0.318 e. The quantitative estimate of drug-likeness (QED) is 0.359. The van der Waals surface area contributed by atoms with Crippen molar-refractivity contribution in [3.8, 4) is 28.7 Å². The summed E-state index contributed by atoms with van der Waals surface area (Å²) in [6.07, 6.45) is 8.31. The summed E-state index contributed by atoms with van der Waals surface area (Å²) in [4.78, 5) is 18.4. The summed E-state index contributed by atoms with van der Waals surface area (Å²) >= 11 is 0. The molecule has 1 fully saturated rings. The first-order chi connectivity index (χ1) is 17.3. The zero-order chi connectivity index (χ0) is 25.1. The number of aryl methyl sites for hydroxylation is 1. The molecule has 6 heterocycles. The fraction of sp³-hybridized carbons (Fsp3) is 0.250. The largest absolute Gasteiger partial charge is 0.318 e. The van der Waals surface area contributed by atoms with Gasteiger partial charge in [0.05, 0.1) is 36.3 Å². The lowest BCUT2D eigenvalue weighted by atomic mass is 9.89. The number of rotatable bonds is 5. The van der Waals surface area contributed by atoms with Crippen molar-refractivity contribution in [3.05, 3.63) is 55.2 Å². The highest BCUT2D eigenvalue weighted by Crippen LogP contribution is 2.36. The van der Waals surface area contributed by atoms with Gasteiger partial charge in [-0.1, -0.05) is 0 Å². The van der Waals surface area contributed by atoms with Gasteiger partial charge in [-0.2, -0.15) is 14.7 Å². The van der Waals surface area contributed by atoms with Crippen molar-refractivity contribution in [3.63, 3.8) is 0 Å². The molecule has 5 aromatic rings. The Morgan fingerprint density at radius 1 is 1.11 bits per heavy atom. The third-order valence-electron chi connectivity index (χ3n) is 6.58. The Labute approximate surface area is 206 Å². The number of imidazole rings is 1. The Kier molecular flexibility index (Phi) is 4.89. The highest BCUT2D eigenvalue weighted by Gasteiger charge is 2.49. The third-order valence-corrected chi connectivity index (χ3v) is 7.78. The van der Waals surface area contributed by atoms with Gasteiger partial charge >= 0.3 is 0 Å². The molecule has 1 aliphatic rings. The minimum absolute atomic E-state index is 0.145. The molecule has 0 aromatic carbocycles. The molecule has 0 N–H and O–H groups in total. The molecule has 5 aromatic heterocycles. The number of fused-ring (bicyclic) bond motifs is 2. The van der Waals surface area contributed by atoms with Gasteiger partial charge in [-0.15, -0.1) is 0 Å². The van der Waals surface area contributed by atoms with Crippen LogP contribution in [0.2, 0.25) is 0 Å². The van der Waals surface area contributed by atoms with Crippen LogP contribution in [-0.4, -0.2) is 66.4 Å². The molecule has 180 valence electrons. The van der Waals surface area contributed by atoms with E-state index in [0.717, 1.165) is 27.6 Å². The maximum atomic E-state index is 12.0. The van der Waals surface area contributed by atoms with Crippen molar-refractivity contribution in [1.82, 2.24) is 38.6 Å². The monoisotopic (exact) mass is 499 g/mol. The molecule has 6 rings (SSSR count). The van der Waals surface area contributed by atoms with Crippen molar-refractivity contribution >= 4 is 32.1 Å². The second-order valence-electron chi connectivity index (χ2n) is 9.08. The number of aromatic nitrogens is 7. The van der Waals surface area contributed by atoms with Gasteiger partial charge in [0.2, 0.25) is 10.0 Å². The standard InChI is InChI=1S/C24H21N9O2S/c1-31-15-28-21-10-16(12-27-23(21)31)19-11-20-17(4-3-8-26-20)22(29-19)18-5-9-33(30-18)24(6-7-25)13-32(14-24)36(2,34)35/h3-5,8-12,15H,6,13-14H2,1-2H3. The zero-order valence-corrected chi connectivity index (χ0v) is 20.4. The van der Waals surface area contributed by atoms with E-state index >= 15 is 0 Å². The average Bonchev–Trinajstić information content (AvgIpc) is 3.47. The van der Waals surface area contributed by atoms with Crippen molar-refractivity contribution in [1.29, 1.82) is 5.26 Å². The maximum Gasteiger partial charge on any atom is 0.211 e. The van der Waals surface area contributed by atoms with Gasteiger partial charge in [0, 0.05) is 49.7 Å². The predicted octanol–water partition coefficient (Wildman–Crippen LogP) is 2.33. The third kappa shape index (κ3) is 3.52. The van der Waals surface area contributed by atoms with Crippen molar-refractivity contribution < 1.29 is 8.42 Å². The van der Waals surface area contributed by atoms with Gasteiger partial charge in [-0.3, -0.25) is 9.67 Å². The van der Waals surface area contributed by atoms with Crippen LogP contribution in [0.1, 0.15) is 6.42 Å². The molecule has 12 heteroatoms. The highest BCUT2D eigenvalue weighted by atomic mass is 32.2. The second-order valence-corrected chi connectivity index (χ2v) is 11.1. The first-order valence-corrected chi connectivity index (χ1v) is 13.0. The minimum atomic E-state index is -3.34. The molecular formula is C24H21N9O2S. The van der Waals surface area contributed by atoms with E-state index in [2.05, 4.69) is 21.0 Å². The van der Waals surface area contributed by atoms with E-state index in [4.69, 9.17) is 10.1 Å². The molecule has 0 spiro atoms. The van der Waals surface area contributed by atoms with Gasteiger partial charge in [-0.05, 0) is 30.3 Å². The molecule has 0 amide bonds. The first kappa shape index (κ1) is 22.3. The zero-order valence-electron chi connectivity index (χ0n) is 19.6. The Balaban J connectivity index is 1.45. The van der Waals surface area contributed by atoms with E-state index in [0.29, 0.717) is 17.1 Å². The van der Waals surface area contributed by atoms with Crippen molar-refractivity contribution in [2.24, 2.45) is 7.05 Å². The van der Waals surface area contributed by atoms with Crippen molar-refractivity contribution in [2.45, 2.75) is 12.0 Å². The van der Waals surface area contributed by atoms with E-state index in [9.17, 15) is 13.7 Å². The summed E-state index contributed by atoms with van der Waals surface area (Å²) in [5.74, 6) is 0. The fourth-order valence-electron chi connectivity index (χ4n) is 4.62. The summed E-state index contributed by atoms with van der Waals surface area (Å²) < 4.78 is 28.8. The van der Waals surface area contributed by atoms with Crippen LogP contribution in [0.5, 0.6) is 0 Å². The predicted molar refractivity (Wildman–Crippen MR) is 133 cm³/mol. The van der Waals surface area contributed by atoms with E-state index in [1.165, 1.54) is 10.6 Å². The van der Waals surface area contributed by atoms with Crippen LogP contribution in [0.25, 0.3) is 44.7 Å². The summed E-state index contributed by atoms with van der Waals surface area (Å²) in [5, 5.41) is 15.0.